The molecule has 0 aromatic carbocycles. The summed E-state index contributed by atoms with van der Waals surface area (Å²) in [4.78, 5) is 15.6. The van der Waals surface area contributed by atoms with E-state index in [1.165, 1.54) is 12.3 Å². The molecule has 18 heavy (non-hydrogen) atoms. The van der Waals surface area contributed by atoms with Gasteiger partial charge < -0.3 is 19.9 Å². The molecule has 0 aliphatic rings. The summed E-state index contributed by atoms with van der Waals surface area (Å²) in [5.74, 6) is -0.257. The minimum Gasteiger partial charge on any atom is -0.474 e. The first-order valence-corrected chi connectivity index (χ1v) is 5.82. The fourth-order valence-electron chi connectivity index (χ4n) is 1.30. The van der Waals surface area contributed by atoms with Crippen molar-refractivity contribution in [3.8, 4) is 5.88 Å². The van der Waals surface area contributed by atoms with Crippen LogP contribution in [0.25, 0.3) is 0 Å². The number of nitrogen functional groups attached to an aromatic ring is 1. The fourth-order valence-corrected chi connectivity index (χ4v) is 1.30. The highest BCUT2D eigenvalue weighted by molar-refractivity contribution is 5.96. The molecule has 0 fully saturated rings. The Balaban J connectivity index is 2.69. The first-order valence-electron chi connectivity index (χ1n) is 5.82. The van der Waals surface area contributed by atoms with Crippen LogP contribution in [0.2, 0.25) is 0 Å². The van der Waals surface area contributed by atoms with Crippen LogP contribution in [-0.4, -0.2) is 37.4 Å². The molecule has 1 rings (SSSR count). The lowest BCUT2D eigenvalue weighted by Crippen LogP contribution is -2.12. The van der Waals surface area contributed by atoms with Crippen molar-refractivity contribution in [2.24, 2.45) is 0 Å². The van der Waals surface area contributed by atoms with Crippen molar-refractivity contribution in [3.63, 3.8) is 0 Å². The fraction of sp³-hybridized carbons (Fsp3) is 0.500. The lowest BCUT2D eigenvalue weighted by molar-refractivity contribution is 0.0527. The molecule has 0 bridgehead atoms. The maximum Gasteiger partial charge on any atom is 0.340 e. The molecule has 0 aliphatic carbocycles. The van der Waals surface area contributed by atoms with Gasteiger partial charge in [-0.05, 0) is 19.9 Å². The van der Waals surface area contributed by atoms with Crippen molar-refractivity contribution in [2.45, 2.75) is 13.8 Å². The van der Waals surface area contributed by atoms with E-state index in [9.17, 15) is 4.79 Å². The van der Waals surface area contributed by atoms with Gasteiger partial charge in [0.2, 0.25) is 5.88 Å². The summed E-state index contributed by atoms with van der Waals surface area (Å²) >= 11 is 0. The number of esters is 1. The van der Waals surface area contributed by atoms with Gasteiger partial charge in [0.25, 0.3) is 0 Å². The van der Waals surface area contributed by atoms with Crippen LogP contribution in [0, 0.1) is 0 Å². The number of rotatable bonds is 7. The van der Waals surface area contributed by atoms with Gasteiger partial charge in [0.1, 0.15) is 12.3 Å². The number of ether oxygens (including phenoxy) is 3. The molecule has 6 heteroatoms. The van der Waals surface area contributed by atoms with Crippen LogP contribution in [0.15, 0.2) is 12.3 Å². The summed E-state index contributed by atoms with van der Waals surface area (Å²) in [7, 11) is 0. The normalized spacial score (nSPS) is 10.1. The summed E-state index contributed by atoms with van der Waals surface area (Å²) in [6, 6.07) is 1.50. The zero-order valence-corrected chi connectivity index (χ0v) is 10.6. The third-order valence-corrected chi connectivity index (χ3v) is 2.12. The Hall–Kier alpha value is -1.82. The summed E-state index contributed by atoms with van der Waals surface area (Å²) in [5.41, 5.74) is 6.25. The minimum absolute atomic E-state index is 0.187. The van der Waals surface area contributed by atoms with Crippen LogP contribution < -0.4 is 10.5 Å². The van der Waals surface area contributed by atoms with Gasteiger partial charge in [-0.2, -0.15) is 0 Å². The molecule has 1 heterocycles. The van der Waals surface area contributed by atoms with Gasteiger partial charge in [-0.3, -0.25) is 0 Å². The highest BCUT2D eigenvalue weighted by Gasteiger charge is 2.15. The van der Waals surface area contributed by atoms with E-state index in [0.29, 0.717) is 26.4 Å². The molecule has 1 aromatic rings. The number of hydrogen-bond acceptors (Lipinski definition) is 6. The second-order valence-electron chi connectivity index (χ2n) is 3.34. The van der Waals surface area contributed by atoms with Crippen molar-refractivity contribution in [1.82, 2.24) is 4.98 Å². The van der Waals surface area contributed by atoms with E-state index < -0.39 is 5.97 Å². The van der Waals surface area contributed by atoms with Gasteiger partial charge in [0.15, 0.2) is 0 Å². The zero-order chi connectivity index (χ0) is 13.4. The Bertz CT molecular complexity index is 396. The highest BCUT2D eigenvalue weighted by atomic mass is 16.5. The second-order valence-corrected chi connectivity index (χ2v) is 3.34. The Kier molecular flexibility index (Phi) is 5.93. The maximum absolute atomic E-state index is 11.6. The number of carbonyl (C=O) groups excluding carboxylic acids is 1. The predicted molar refractivity (Wildman–Crippen MR) is 66.6 cm³/mol. The topological polar surface area (TPSA) is 83.7 Å². The number of hydrogen-bond donors (Lipinski definition) is 1. The summed E-state index contributed by atoms with van der Waals surface area (Å²) in [6.45, 7) is 5.32. The number of carbonyl (C=O) groups is 1. The molecule has 0 spiro atoms. The summed E-state index contributed by atoms with van der Waals surface area (Å²) in [6.07, 6.45) is 1.46. The molecule has 0 radical (unpaired) electrons. The third kappa shape index (κ3) is 3.89. The standard InChI is InChI=1S/C12H18N2O4/c1-3-16-7-8-18-11-10(13)9(5-6-14-11)12(15)17-4-2/h5-6H,3-4,7-8,13H2,1-2H3. The first-order chi connectivity index (χ1) is 8.70. The van der Waals surface area contributed by atoms with Crippen molar-refractivity contribution >= 4 is 11.7 Å². The van der Waals surface area contributed by atoms with Crippen molar-refractivity contribution in [2.75, 3.05) is 32.2 Å². The van der Waals surface area contributed by atoms with Crippen LogP contribution in [-0.2, 0) is 9.47 Å². The third-order valence-electron chi connectivity index (χ3n) is 2.12. The number of nitrogens with two attached hydrogens (primary N) is 1. The largest absolute Gasteiger partial charge is 0.474 e. The molecule has 100 valence electrons. The van der Waals surface area contributed by atoms with Crippen LogP contribution >= 0.6 is 0 Å². The van der Waals surface area contributed by atoms with Crippen LogP contribution in [0.4, 0.5) is 5.69 Å². The molecular weight excluding hydrogens is 236 g/mol. The van der Waals surface area contributed by atoms with Crippen LogP contribution in [0.5, 0.6) is 5.88 Å². The Morgan fingerprint density at radius 1 is 1.33 bits per heavy atom. The predicted octanol–water partition coefficient (Wildman–Crippen LogP) is 1.26. The Morgan fingerprint density at radius 2 is 2.11 bits per heavy atom. The van der Waals surface area contributed by atoms with E-state index in [2.05, 4.69) is 4.98 Å². The van der Waals surface area contributed by atoms with Crippen molar-refractivity contribution in [1.29, 1.82) is 0 Å². The maximum atomic E-state index is 11.6. The van der Waals surface area contributed by atoms with E-state index in [1.807, 2.05) is 6.92 Å². The van der Waals surface area contributed by atoms with E-state index >= 15 is 0 Å². The van der Waals surface area contributed by atoms with E-state index in [1.54, 1.807) is 6.92 Å². The molecule has 0 unspecified atom stereocenters. The summed E-state index contributed by atoms with van der Waals surface area (Å²) in [5, 5.41) is 0. The zero-order valence-electron chi connectivity index (χ0n) is 10.6. The molecular formula is C12H18N2O4. The monoisotopic (exact) mass is 254 g/mol. The number of pyridine rings is 1. The summed E-state index contributed by atoms with van der Waals surface area (Å²) < 4.78 is 15.3. The number of aromatic nitrogens is 1. The van der Waals surface area contributed by atoms with Crippen LogP contribution in [0.1, 0.15) is 24.2 Å². The Labute approximate surface area is 106 Å². The molecule has 0 saturated carbocycles. The van der Waals surface area contributed by atoms with Gasteiger partial charge in [-0.15, -0.1) is 0 Å². The molecule has 1 aromatic heterocycles. The lowest BCUT2D eigenvalue weighted by atomic mass is 10.2. The number of anilines is 1. The SMILES string of the molecule is CCOCCOc1nccc(C(=O)OCC)c1N. The van der Waals surface area contributed by atoms with Gasteiger partial charge in [-0.1, -0.05) is 0 Å². The van der Waals surface area contributed by atoms with Gasteiger partial charge >= 0.3 is 5.97 Å². The first kappa shape index (κ1) is 14.2. The molecule has 0 amide bonds. The molecule has 6 nitrogen and oxygen atoms in total. The van der Waals surface area contributed by atoms with E-state index in [-0.39, 0.29) is 17.1 Å². The molecule has 0 aliphatic heterocycles. The molecule has 0 saturated heterocycles. The average Bonchev–Trinajstić information content (AvgIpc) is 2.36. The second kappa shape index (κ2) is 7.50. The van der Waals surface area contributed by atoms with Gasteiger partial charge in [0, 0.05) is 12.8 Å². The molecule has 0 atom stereocenters. The molecule has 2 N–H and O–H groups in total. The Morgan fingerprint density at radius 3 is 2.78 bits per heavy atom. The smallest absolute Gasteiger partial charge is 0.340 e. The minimum atomic E-state index is -0.480. The van der Waals surface area contributed by atoms with E-state index in [4.69, 9.17) is 19.9 Å². The highest BCUT2D eigenvalue weighted by Crippen LogP contribution is 2.22. The van der Waals surface area contributed by atoms with E-state index in [0.717, 1.165) is 0 Å². The van der Waals surface area contributed by atoms with Crippen molar-refractivity contribution < 1.29 is 19.0 Å². The quantitative estimate of drug-likeness (QED) is 0.582. The van der Waals surface area contributed by atoms with Gasteiger partial charge in [0.05, 0.1) is 18.8 Å². The van der Waals surface area contributed by atoms with Crippen LogP contribution in [0.3, 0.4) is 0 Å². The van der Waals surface area contributed by atoms with Crippen molar-refractivity contribution in [3.05, 3.63) is 17.8 Å². The average molecular weight is 254 g/mol. The lowest BCUT2D eigenvalue weighted by Gasteiger charge is -2.10. The van der Waals surface area contributed by atoms with Gasteiger partial charge in [-0.25, -0.2) is 9.78 Å². The number of nitrogens with zero attached hydrogens (tertiary/aromatic N) is 1.